The van der Waals surface area contributed by atoms with Crippen LogP contribution in [0.1, 0.15) is 5.56 Å². The Kier molecular flexibility index (Phi) is 3.44. The number of thioether (sulfide) groups is 1. The maximum Gasteiger partial charge on any atom is 0.224 e. The number of nitrogens with zero attached hydrogens (tertiary/aromatic N) is 4. The number of nitrogens with two attached hydrogens (primary N) is 3. The van der Waals surface area contributed by atoms with Gasteiger partial charge < -0.3 is 17.2 Å². The lowest BCUT2D eigenvalue weighted by molar-refractivity contribution is 1.09. The van der Waals surface area contributed by atoms with Crippen molar-refractivity contribution in [2.24, 2.45) is 0 Å². The predicted octanol–water partition coefficient (Wildman–Crippen LogP) is 1.46. The van der Waals surface area contributed by atoms with Crippen LogP contribution in [-0.4, -0.2) is 19.9 Å². The van der Waals surface area contributed by atoms with Crippen molar-refractivity contribution in [3.63, 3.8) is 0 Å². The number of nitrogen functional groups attached to an aromatic ring is 3. The van der Waals surface area contributed by atoms with Gasteiger partial charge in [-0.1, -0.05) is 42.1 Å². The Balaban J connectivity index is 1.94. The van der Waals surface area contributed by atoms with E-state index in [2.05, 4.69) is 19.9 Å². The molecule has 0 aliphatic carbocycles. The van der Waals surface area contributed by atoms with Gasteiger partial charge >= 0.3 is 0 Å². The number of benzene rings is 1. The predicted molar refractivity (Wildman–Crippen MR) is 84.4 cm³/mol. The molecule has 0 unspecified atom stereocenters. The maximum absolute atomic E-state index is 5.91. The topological polar surface area (TPSA) is 130 Å². The Labute approximate surface area is 125 Å². The smallest absolute Gasteiger partial charge is 0.224 e. The number of hydrogen-bond acceptors (Lipinski definition) is 8. The van der Waals surface area contributed by atoms with Crippen LogP contribution in [0.4, 0.5) is 17.6 Å². The van der Waals surface area contributed by atoms with E-state index < -0.39 is 0 Å². The van der Waals surface area contributed by atoms with Gasteiger partial charge in [-0.3, -0.25) is 0 Å². The molecule has 7 nitrogen and oxygen atoms in total. The highest BCUT2D eigenvalue weighted by atomic mass is 32.2. The molecule has 0 bridgehead atoms. The Morgan fingerprint density at radius 3 is 2.38 bits per heavy atom. The zero-order chi connectivity index (χ0) is 14.8. The largest absolute Gasteiger partial charge is 0.382 e. The third kappa shape index (κ3) is 2.79. The summed E-state index contributed by atoms with van der Waals surface area (Å²) in [5, 5.41) is 0.603. The van der Waals surface area contributed by atoms with Gasteiger partial charge in [0.05, 0.1) is 0 Å². The SMILES string of the molecule is Nc1nc(N)c2nc(SCc3ccccc3)c(N)nc2n1. The monoisotopic (exact) mass is 299 g/mol. The molecular formula is C13H13N7S. The van der Waals surface area contributed by atoms with E-state index >= 15 is 0 Å². The van der Waals surface area contributed by atoms with Gasteiger partial charge in [-0.25, -0.2) is 9.97 Å². The number of rotatable bonds is 3. The molecule has 1 aromatic carbocycles. The zero-order valence-corrected chi connectivity index (χ0v) is 11.8. The molecular weight excluding hydrogens is 286 g/mol. The quantitative estimate of drug-likeness (QED) is 0.620. The van der Waals surface area contributed by atoms with Crippen molar-refractivity contribution in [1.29, 1.82) is 0 Å². The third-order valence-corrected chi connectivity index (χ3v) is 3.84. The van der Waals surface area contributed by atoms with E-state index in [0.29, 0.717) is 22.0 Å². The molecule has 8 heteroatoms. The van der Waals surface area contributed by atoms with Crippen LogP contribution in [0.5, 0.6) is 0 Å². The molecule has 0 saturated carbocycles. The summed E-state index contributed by atoms with van der Waals surface area (Å²) in [5.74, 6) is 1.30. The Morgan fingerprint density at radius 2 is 1.62 bits per heavy atom. The lowest BCUT2D eigenvalue weighted by Crippen LogP contribution is -2.05. The van der Waals surface area contributed by atoms with Crippen molar-refractivity contribution in [1.82, 2.24) is 19.9 Å². The van der Waals surface area contributed by atoms with E-state index in [-0.39, 0.29) is 11.8 Å². The molecule has 0 atom stereocenters. The summed E-state index contributed by atoms with van der Waals surface area (Å²) in [6.45, 7) is 0. The van der Waals surface area contributed by atoms with Crippen LogP contribution in [0, 0.1) is 0 Å². The standard InChI is InChI=1S/C13H13N7S/c14-9-8-11(20-13(16)19-9)18-10(15)12(17-8)21-6-7-4-2-1-3-5-7/h1-5H,6H2,(H6,14,15,16,18,19,20). The molecule has 0 fully saturated rings. The third-order valence-electron chi connectivity index (χ3n) is 2.79. The molecule has 0 aliphatic rings. The minimum atomic E-state index is 0.0541. The van der Waals surface area contributed by atoms with Gasteiger partial charge in [0.25, 0.3) is 0 Å². The van der Waals surface area contributed by atoms with Crippen LogP contribution in [0.25, 0.3) is 11.2 Å². The fourth-order valence-electron chi connectivity index (χ4n) is 1.82. The lowest BCUT2D eigenvalue weighted by Gasteiger charge is -2.07. The van der Waals surface area contributed by atoms with E-state index in [0.717, 1.165) is 5.75 Å². The molecule has 21 heavy (non-hydrogen) atoms. The van der Waals surface area contributed by atoms with Gasteiger partial charge in [-0.05, 0) is 5.56 Å². The first kappa shape index (κ1) is 13.4. The van der Waals surface area contributed by atoms with Crippen molar-refractivity contribution in [3.05, 3.63) is 35.9 Å². The van der Waals surface area contributed by atoms with Crippen LogP contribution < -0.4 is 17.2 Å². The molecule has 6 N–H and O–H groups in total. The van der Waals surface area contributed by atoms with Gasteiger partial charge in [0, 0.05) is 5.75 Å². The average molecular weight is 299 g/mol. The first-order valence-electron chi connectivity index (χ1n) is 6.16. The second-order valence-corrected chi connectivity index (χ2v) is 5.29. The van der Waals surface area contributed by atoms with Crippen molar-refractivity contribution in [2.45, 2.75) is 10.8 Å². The Bertz CT molecular complexity index is 791. The summed E-state index contributed by atoms with van der Waals surface area (Å²) >= 11 is 1.49. The van der Waals surface area contributed by atoms with Crippen LogP contribution in [0.15, 0.2) is 35.4 Å². The molecule has 0 aliphatic heterocycles. The second kappa shape index (κ2) is 5.41. The first-order valence-corrected chi connectivity index (χ1v) is 7.15. The average Bonchev–Trinajstić information content (AvgIpc) is 2.46. The maximum atomic E-state index is 5.91. The summed E-state index contributed by atoms with van der Waals surface area (Å²) in [7, 11) is 0. The van der Waals surface area contributed by atoms with E-state index in [4.69, 9.17) is 17.2 Å². The van der Waals surface area contributed by atoms with E-state index in [9.17, 15) is 0 Å². The van der Waals surface area contributed by atoms with Gasteiger partial charge in [0.15, 0.2) is 22.8 Å². The summed E-state index contributed by atoms with van der Waals surface area (Å²) in [5.41, 5.74) is 19.1. The summed E-state index contributed by atoms with van der Waals surface area (Å²) < 4.78 is 0. The highest BCUT2D eigenvalue weighted by Gasteiger charge is 2.12. The molecule has 2 heterocycles. The molecule has 3 rings (SSSR count). The molecule has 3 aromatic rings. The summed E-state index contributed by atoms with van der Waals surface area (Å²) in [6, 6.07) is 10.0. The van der Waals surface area contributed by atoms with Gasteiger partial charge in [0.1, 0.15) is 5.03 Å². The fraction of sp³-hybridized carbons (Fsp3) is 0.0769. The molecule has 106 valence electrons. The van der Waals surface area contributed by atoms with Crippen LogP contribution in [0.2, 0.25) is 0 Å². The minimum absolute atomic E-state index is 0.0541. The summed E-state index contributed by atoms with van der Waals surface area (Å²) in [6.07, 6.45) is 0. The first-order chi connectivity index (χ1) is 10.1. The molecule has 0 amide bonds. The molecule has 0 spiro atoms. The number of aromatic nitrogens is 4. The summed E-state index contributed by atoms with van der Waals surface area (Å²) in [4.78, 5) is 16.5. The Hall–Kier alpha value is -2.61. The molecule has 2 aromatic heterocycles. The van der Waals surface area contributed by atoms with E-state index in [1.807, 2.05) is 30.3 Å². The van der Waals surface area contributed by atoms with Crippen LogP contribution in [0.3, 0.4) is 0 Å². The Morgan fingerprint density at radius 1 is 0.857 bits per heavy atom. The number of fused-ring (bicyclic) bond motifs is 1. The van der Waals surface area contributed by atoms with Crippen LogP contribution >= 0.6 is 11.8 Å². The van der Waals surface area contributed by atoms with Crippen molar-refractivity contribution in [3.8, 4) is 0 Å². The second-order valence-electron chi connectivity index (χ2n) is 4.33. The van der Waals surface area contributed by atoms with Crippen molar-refractivity contribution in [2.75, 3.05) is 17.2 Å². The molecule has 0 radical (unpaired) electrons. The van der Waals surface area contributed by atoms with E-state index in [1.165, 1.54) is 17.3 Å². The highest BCUT2D eigenvalue weighted by molar-refractivity contribution is 7.98. The van der Waals surface area contributed by atoms with Crippen LogP contribution in [-0.2, 0) is 5.75 Å². The van der Waals surface area contributed by atoms with E-state index in [1.54, 1.807) is 0 Å². The van der Waals surface area contributed by atoms with Crippen molar-refractivity contribution >= 4 is 40.5 Å². The zero-order valence-electron chi connectivity index (χ0n) is 11.0. The van der Waals surface area contributed by atoms with Gasteiger partial charge in [-0.15, -0.1) is 0 Å². The lowest BCUT2D eigenvalue weighted by atomic mass is 10.2. The van der Waals surface area contributed by atoms with Gasteiger partial charge in [0.2, 0.25) is 5.95 Å². The minimum Gasteiger partial charge on any atom is -0.382 e. The normalized spacial score (nSPS) is 10.9. The van der Waals surface area contributed by atoms with Gasteiger partial charge in [-0.2, -0.15) is 9.97 Å². The highest BCUT2D eigenvalue weighted by Crippen LogP contribution is 2.28. The number of anilines is 3. The fourth-order valence-corrected chi connectivity index (χ4v) is 2.66. The molecule has 0 saturated heterocycles. The number of hydrogen-bond donors (Lipinski definition) is 3. The van der Waals surface area contributed by atoms with Crippen molar-refractivity contribution < 1.29 is 0 Å².